The van der Waals surface area contributed by atoms with Crippen molar-refractivity contribution < 1.29 is 19.1 Å². The maximum atomic E-state index is 12.2. The molecule has 0 amide bonds. The number of aryl methyl sites for hydroxylation is 2. The highest BCUT2D eigenvalue weighted by molar-refractivity contribution is 6.04. The molecular weight excluding hydrogens is 304 g/mol. The normalized spacial score (nSPS) is 10.5. The molecule has 1 aromatic carbocycles. The highest BCUT2D eigenvalue weighted by atomic mass is 16.5. The molecule has 4 nitrogen and oxygen atoms in total. The van der Waals surface area contributed by atoms with Crippen molar-refractivity contribution in [2.24, 2.45) is 0 Å². The first-order valence-electron chi connectivity index (χ1n) is 8.91. The predicted molar refractivity (Wildman–Crippen MR) is 95.6 cm³/mol. The molecule has 0 atom stereocenters. The van der Waals surface area contributed by atoms with Crippen molar-refractivity contribution in [3.63, 3.8) is 0 Å². The molecule has 1 aromatic rings. The van der Waals surface area contributed by atoms with Gasteiger partial charge < -0.3 is 9.47 Å². The summed E-state index contributed by atoms with van der Waals surface area (Å²) in [5, 5.41) is 0. The van der Waals surface area contributed by atoms with Crippen LogP contribution < -0.4 is 0 Å². The molecule has 0 heterocycles. The van der Waals surface area contributed by atoms with Crippen LogP contribution in [0.2, 0.25) is 0 Å². The highest BCUT2D eigenvalue weighted by Crippen LogP contribution is 2.23. The lowest BCUT2D eigenvalue weighted by atomic mass is 9.92. The first kappa shape index (κ1) is 20.2. The Hall–Kier alpha value is -1.84. The summed E-state index contributed by atoms with van der Waals surface area (Å²) in [5.74, 6) is -0.952. The third-order valence-electron chi connectivity index (χ3n) is 4.19. The van der Waals surface area contributed by atoms with E-state index in [-0.39, 0.29) is 0 Å². The summed E-state index contributed by atoms with van der Waals surface area (Å²) in [4.78, 5) is 24.4. The Balaban J connectivity index is 3.28. The van der Waals surface area contributed by atoms with E-state index in [0.29, 0.717) is 11.1 Å². The zero-order chi connectivity index (χ0) is 17.9. The highest BCUT2D eigenvalue weighted by Gasteiger charge is 2.23. The third kappa shape index (κ3) is 5.66. The van der Waals surface area contributed by atoms with Gasteiger partial charge in [0.15, 0.2) is 0 Å². The summed E-state index contributed by atoms with van der Waals surface area (Å²) in [7, 11) is 2.68. The zero-order valence-corrected chi connectivity index (χ0v) is 15.4. The quantitative estimate of drug-likeness (QED) is 0.459. The van der Waals surface area contributed by atoms with Gasteiger partial charge in [0.05, 0.1) is 25.3 Å². The van der Waals surface area contributed by atoms with Crippen LogP contribution in [0.1, 0.15) is 84.2 Å². The van der Waals surface area contributed by atoms with Gasteiger partial charge in [-0.25, -0.2) is 9.59 Å². The minimum Gasteiger partial charge on any atom is -0.465 e. The average molecular weight is 334 g/mol. The maximum absolute atomic E-state index is 12.2. The molecule has 0 N–H and O–H groups in total. The molecule has 0 aromatic heterocycles. The van der Waals surface area contributed by atoms with Crippen molar-refractivity contribution >= 4 is 11.9 Å². The first-order valence-corrected chi connectivity index (χ1v) is 8.91. The number of carbonyl (C=O) groups is 2. The van der Waals surface area contributed by atoms with Crippen LogP contribution in [0.15, 0.2) is 12.1 Å². The van der Waals surface area contributed by atoms with Crippen molar-refractivity contribution in [3.8, 4) is 0 Å². The van der Waals surface area contributed by atoms with Crippen LogP contribution in [-0.2, 0) is 22.3 Å². The van der Waals surface area contributed by atoms with Gasteiger partial charge in [-0.2, -0.15) is 0 Å². The van der Waals surface area contributed by atoms with Crippen LogP contribution in [0.4, 0.5) is 0 Å². The fraction of sp³-hybridized carbons (Fsp3) is 0.600. The van der Waals surface area contributed by atoms with Gasteiger partial charge in [-0.05, 0) is 42.9 Å². The third-order valence-corrected chi connectivity index (χ3v) is 4.19. The van der Waals surface area contributed by atoms with E-state index in [1.54, 1.807) is 6.07 Å². The van der Waals surface area contributed by atoms with E-state index in [9.17, 15) is 9.59 Å². The second-order valence-electron chi connectivity index (χ2n) is 6.07. The number of hydrogen-bond donors (Lipinski definition) is 0. The van der Waals surface area contributed by atoms with Gasteiger partial charge in [0, 0.05) is 0 Å². The number of esters is 2. The van der Waals surface area contributed by atoms with E-state index in [1.807, 2.05) is 0 Å². The fourth-order valence-corrected chi connectivity index (χ4v) is 2.87. The number of carbonyl (C=O) groups excluding carboxylic acids is 2. The topological polar surface area (TPSA) is 52.6 Å². The number of ether oxygens (including phenoxy) is 2. The molecule has 0 aliphatic carbocycles. The van der Waals surface area contributed by atoms with Gasteiger partial charge in [-0.3, -0.25) is 0 Å². The Morgan fingerprint density at radius 3 is 1.96 bits per heavy atom. The minimum atomic E-state index is -0.482. The minimum absolute atomic E-state index is 0.324. The fourth-order valence-electron chi connectivity index (χ4n) is 2.87. The zero-order valence-electron chi connectivity index (χ0n) is 15.4. The van der Waals surface area contributed by atoms with E-state index in [0.717, 1.165) is 62.5 Å². The number of benzene rings is 1. The molecule has 0 saturated carbocycles. The summed E-state index contributed by atoms with van der Waals surface area (Å²) >= 11 is 0. The van der Waals surface area contributed by atoms with E-state index < -0.39 is 11.9 Å². The second kappa shape index (κ2) is 10.8. The molecule has 0 aliphatic rings. The van der Waals surface area contributed by atoms with Gasteiger partial charge in [0.25, 0.3) is 0 Å². The van der Waals surface area contributed by atoms with Gasteiger partial charge in [-0.15, -0.1) is 0 Å². The van der Waals surface area contributed by atoms with Gasteiger partial charge >= 0.3 is 11.9 Å². The van der Waals surface area contributed by atoms with Crippen LogP contribution in [0.5, 0.6) is 0 Å². The summed E-state index contributed by atoms with van der Waals surface area (Å²) in [6.45, 7) is 4.30. The molecule has 0 unspecified atom stereocenters. The molecule has 0 saturated heterocycles. The number of unbranched alkanes of at least 4 members (excludes halogenated alkanes) is 4. The number of hydrogen-bond acceptors (Lipinski definition) is 4. The molecule has 134 valence electrons. The van der Waals surface area contributed by atoms with Gasteiger partial charge in [-0.1, -0.05) is 45.6 Å². The molecule has 0 fully saturated rings. The van der Waals surface area contributed by atoms with Crippen molar-refractivity contribution in [2.45, 2.75) is 65.2 Å². The lowest BCUT2D eigenvalue weighted by Gasteiger charge is -2.15. The lowest BCUT2D eigenvalue weighted by molar-refractivity contribution is 0.0554. The Kier molecular flexibility index (Phi) is 9.13. The molecule has 0 aliphatic heterocycles. The summed E-state index contributed by atoms with van der Waals surface area (Å²) in [6.07, 6.45) is 8.22. The van der Waals surface area contributed by atoms with Crippen molar-refractivity contribution in [1.29, 1.82) is 0 Å². The Labute approximate surface area is 145 Å². The summed E-state index contributed by atoms with van der Waals surface area (Å²) in [6, 6.07) is 3.85. The van der Waals surface area contributed by atoms with Crippen molar-refractivity contribution in [1.82, 2.24) is 0 Å². The van der Waals surface area contributed by atoms with Crippen LogP contribution in [0.25, 0.3) is 0 Å². The standard InChI is InChI=1S/C20H30O4/c1-5-7-9-11-15-13-16(12-10-8-6-2)18(20(22)24-4)17(14-15)19(21)23-3/h13-14H,5-12H2,1-4H3. The molecule has 4 heteroatoms. The van der Waals surface area contributed by atoms with Gasteiger partial charge in [0.1, 0.15) is 0 Å². The SMILES string of the molecule is CCCCCc1cc(CCCCC)c(C(=O)OC)c(C(=O)OC)c1. The van der Waals surface area contributed by atoms with Crippen molar-refractivity contribution in [3.05, 3.63) is 34.4 Å². The average Bonchev–Trinajstić information content (AvgIpc) is 2.60. The molecule has 1 rings (SSSR count). The molecule has 0 bridgehead atoms. The molecule has 0 spiro atoms. The number of rotatable bonds is 10. The second-order valence-corrected chi connectivity index (χ2v) is 6.07. The van der Waals surface area contributed by atoms with Crippen LogP contribution in [-0.4, -0.2) is 26.2 Å². The first-order chi connectivity index (χ1) is 11.6. The molecule has 0 radical (unpaired) electrons. The van der Waals surface area contributed by atoms with Crippen LogP contribution >= 0.6 is 0 Å². The van der Waals surface area contributed by atoms with E-state index in [1.165, 1.54) is 14.2 Å². The maximum Gasteiger partial charge on any atom is 0.339 e. The Morgan fingerprint density at radius 2 is 1.42 bits per heavy atom. The van der Waals surface area contributed by atoms with Gasteiger partial charge in [0.2, 0.25) is 0 Å². The van der Waals surface area contributed by atoms with E-state index in [4.69, 9.17) is 9.47 Å². The number of methoxy groups -OCH3 is 2. The molecule has 24 heavy (non-hydrogen) atoms. The monoisotopic (exact) mass is 334 g/mol. The summed E-state index contributed by atoms with van der Waals surface area (Å²) < 4.78 is 9.80. The lowest BCUT2D eigenvalue weighted by Crippen LogP contribution is -2.16. The molecular formula is C20H30O4. The van der Waals surface area contributed by atoms with Crippen LogP contribution in [0, 0.1) is 0 Å². The largest absolute Gasteiger partial charge is 0.465 e. The summed E-state index contributed by atoms with van der Waals surface area (Å²) in [5.41, 5.74) is 2.66. The predicted octanol–water partition coefficient (Wildman–Crippen LogP) is 4.73. The van der Waals surface area contributed by atoms with Crippen molar-refractivity contribution in [2.75, 3.05) is 14.2 Å². The Bertz CT molecular complexity index is 549. The Morgan fingerprint density at radius 1 is 0.833 bits per heavy atom. The van der Waals surface area contributed by atoms with E-state index >= 15 is 0 Å². The smallest absolute Gasteiger partial charge is 0.339 e. The van der Waals surface area contributed by atoms with E-state index in [2.05, 4.69) is 19.9 Å². The van der Waals surface area contributed by atoms with Crippen LogP contribution in [0.3, 0.4) is 0 Å².